The van der Waals surface area contributed by atoms with Gasteiger partial charge >= 0.3 is 0 Å². The van der Waals surface area contributed by atoms with Crippen molar-refractivity contribution >= 4 is 0 Å². The fraction of sp³-hybridized carbons (Fsp3) is 0.227. The van der Waals surface area contributed by atoms with Crippen molar-refractivity contribution in [1.29, 1.82) is 0 Å². The first kappa shape index (κ1) is 18.4. The standard InChI is InChI=1S/C22H14/c1-3-5-7-9-11-13-15-17-19-21-22-20-18-16-14-12-10-8-6-4-2/h12H,1,4,6,8,10H2,2H3. The van der Waals surface area contributed by atoms with Crippen molar-refractivity contribution in [3.8, 4) is 0 Å². The van der Waals surface area contributed by atoms with Gasteiger partial charge in [0.1, 0.15) is 0 Å². The minimum absolute atomic E-state index is 1.01. The van der Waals surface area contributed by atoms with Crippen LogP contribution < -0.4 is 0 Å². The summed E-state index contributed by atoms with van der Waals surface area (Å²) in [7, 11) is 0. The van der Waals surface area contributed by atoms with Crippen LogP contribution in [-0.4, -0.2) is 0 Å². The Balaban J connectivity index is 5.15. The fourth-order valence-corrected chi connectivity index (χ4v) is 1.04. The van der Waals surface area contributed by atoms with E-state index >= 15 is 0 Å². The third kappa shape index (κ3) is 16.4. The molecule has 0 aromatic carbocycles. The molecule has 0 heteroatoms. The van der Waals surface area contributed by atoms with Gasteiger partial charge in [-0.2, -0.15) is 0 Å². The molecule has 0 aromatic heterocycles. The van der Waals surface area contributed by atoms with Gasteiger partial charge in [0.25, 0.3) is 0 Å². The summed E-state index contributed by atoms with van der Waals surface area (Å²) in [5, 5.41) is 0. The van der Waals surface area contributed by atoms with Crippen LogP contribution in [0.25, 0.3) is 0 Å². The molecule has 0 spiro atoms. The summed E-state index contributed by atoms with van der Waals surface area (Å²) in [5.74, 6) is 0. The molecule has 0 aliphatic carbocycles. The monoisotopic (exact) mass is 278 g/mol. The third-order valence-electron chi connectivity index (χ3n) is 1.96. The molecule has 0 radical (unpaired) electrons. The summed E-state index contributed by atoms with van der Waals surface area (Å²) in [6, 6.07) is 0. The normalized spacial score (nSPS) is 5.50. The van der Waals surface area contributed by atoms with E-state index in [2.05, 4.69) is 99.5 Å². The smallest absolute Gasteiger partial charge is 0.0000000000000327 e. The maximum atomic E-state index is 3.31. The van der Waals surface area contributed by atoms with Crippen LogP contribution in [0.3, 0.4) is 0 Å². The Morgan fingerprint density at radius 3 is 1.55 bits per heavy atom. The first-order valence-corrected chi connectivity index (χ1v) is 6.76. The molecule has 0 unspecified atom stereocenters. The average molecular weight is 278 g/mol. The fourth-order valence-electron chi connectivity index (χ4n) is 1.04. The van der Waals surface area contributed by atoms with Gasteiger partial charge in [0, 0.05) is 0 Å². The van der Waals surface area contributed by atoms with Gasteiger partial charge in [0.2, 0.25) is 0 Å². The van der Waals surface area contributed by atoms with E-state index in [1.165, 1.54) is 19.3 Å². The lowest BCUT2D eigenvalue weighted by Crippen LogP contribution is -1.68. The summed E-state index contributed by atoms with van der Waals surface area (Å²) >= 11 is 0. The second-order valence-electron chi connectivity index (χ2n) is 3.65. The lowest BCUT2D eigenvalue weighted by atomic mass is 10.2. The molecule has 0 N–H and O–H groups in total. The average Bonchev–Trinajstić information content (AvgIpc) is 2.54. The maximum Gasteiger partial charge on any atom is -0.0000000000000327 e. The molecule has 0 heterocycles. The van der Waals surface area contributed by atoms with Crippen molar-refractivity contribution in [2.45, 2.75) is 32.6 Å². The molecule has 0 aliphatic heterocycles. The summed E-state index contributed by atoms with van der Waals surface area (Å²) in [6.45, 7) is 5.49. The topological polar surface area (TPSA) is 0 Å². The zero-order valence-electron chi connectivity index (χ0n) is 12.6. The van der Waals surface area contributed by atoms with Crippen LogP contribution in [0.15, 0.2) is 98.6 Å². The molecule has 102 valence electrons. The van der Waals surface area contributed by atoms with E-state index in [1.54, 1.807) is 0 Å². The van der Waals surface area contributed by atoms with E-state index < -0.39 is 0 Å². The zero-order valence-corrected chi connectivity index (χ0v) is 12.6. The van der Waals surface area contributed by atoms with Gasteiger partial charge in [-0.3, -0.25) is 0 Å². The molecule has 0 atom stereocenters. The number of rotatable bonds is 4. The van der Waals surface area contributed by atoms with E-state index in [4.69, 9.17) is 0 Å². The highest BCUT2D eigenvalue weighted by atomic mass is 13.8. The predicted octanol–water partition coefficient (Wildman–Crippen LogP) is 5.08. The number of allylic oxidation sites excluding steroid dienone is 1. The van der Waals surface area contributed by atoms with Gasteiger partial charge < -0.3 is 0 Å². The largest absolute Gasteiger partial charge is 0.0687 e. The lowest BCUT2D eigenvalue weighted by Gasteiger charge is -1.87. The molecule has 0 fully saturated rings. The molecular weight excluding hydrogens is 264 g/mol. The van der Waals surface area contributed by atoms with Gasteiger partial charge in [-0.05, 0) is 100 Å². The van der Waals surface area contributed by atoms with E-state index in [1.807, 2.05) is 6.08 Å². The summed E-state index contributed by atoms with van der Waals surface area (Å²) in [6.07, 6.45) is 6.59. The Kier molecular flexibility index (Phi) is 14.6. The molecule has 0 saturated heterocycles. The van der Waals surface area contributed by atoms with Gasteiger partial charge in [0.15, 0.2) is 0 Å². The summed E-state index contributed by atoms with van der Waals surface area (Å²) in [4.78, 5) is 0. The first-order valence-electron chi connectivity index (χ1n) is 6.76. The van der Waals surface area contributed by atoms with Crippen LogP contribution in [0.5, 0.6) is 0 Å². The van der Waals surface area contributed by atoms with E-state index in [0.717, 1.165) is 6.42 Å². The van der Waals surface area contributed by atoms with Crippen molar-refractivity contribution in [1.82, 2.24) is 0 Å². The molecule has 0 bridgehead atoms. The number of unbranched alkanes of at least 4 members (excludes halogenated alkanes) is 3. The Bertz CT molecular complexity index is 921. The first-order chi connectivity index (χ1) is 10.9. The van der Waals surface area contributed by atoms with Gasteiger partial charge in [-0.1, -0.05) is 31.2 Å². The SMILES string of the molecule is C=C=C=C=C=C=C=C=C=C=C=C=C=C=C=C=CCCCCC. The lowest BCUT2D eigenvalue weighted by molar-refractivity contribution is 0.729. The van der Waals surface area contributed by atoms with Gasteiger partial charge in [0.05, 0.1) is 0 Å². The molecule has 0 aromatic rings. The molecule has 0 rings (SSSR count). The van der Waals surface area contributed by atoms with Gasteiger partial charge in [-0.15, -0.1) is 0 Å². The number of hydrogen-bond acceptors (Lipinski definition) is 0. The van der Waals surface area contributed by atoms with Crippen LogP contribution in [0.1, 0.15) is 32.6 Å². The molecular formula is C22H14. The quantitative estimate of drug-likeness (QED) is 0.497. The third-order valence-corrected chi connectivity index (χ3v) is 1.96. The molecule has 0 amide bonds. The maximum absolute atomic E-state index is 3.31. The predicted molar refractivity (Wildman–Crippen MR) is 87.0 cm³/mol. The molecule has 0 saturated carbocycles. The van der Waals surface area contributed by atoms with E-state index in [0.29, 0.717) is 0 Å². The zero-order chi connectivity index (χ0) is 16.1. The summed E-state index contributed by atoms with van der Waals surface area (Å²) < 4.78 is 0. The van der Waals surface area contributed by atoms with Crippen molar-refractivity contribution in [2.24, 2.45) is 0 Å². The van der Waals surface area contributed by atoms with Crippen molar-refractivity contribution in [2.75, 3.05) is 0 Å². The number of hydrogen-bond donors (Lipinski definition) is 0. The van der Waals surface area contributed by atoms with Crippen molar-refractivity contribution in [3.63, 3.8) is 0 Å². The second-order valence-corrected chi connectivity index (χ2v) is 3.65. The Labute approximate surface area is 131 Å². The highest BCUT2D eigenvalue weighted by Crippen LogP contribution is 1.97. The Morgan fingerprint density at radius 1 is 0.636 bits per heavy atom. The van der Waals surface area contributed by atoms with Crippen LogP contribution in [0.2, 0.25) is 0 Å². The Morgan fingerprint density at radius 2 is 1.09 bits per heavy atom. The van der Waals surface area contributed by atoms with Crippen molar-refractivity contribution < 1.29 is 0 Å². The van der Waals surface area contributed by atoms with Crippen LogP contribution in [-0.2, 0) is 0 Å². The minimum Gasteiger partial charge on any atom is -0.0687 e. The van der Waals surface area contributed by atoms with E-state index in [9.17, 15) is 0 Å². The highest BCUT2D eigenvalue weighted by Gasteiger charge is 1.78. The molecule has 22 heavy (non-hydrogen) atoms. The Hall–Kier alpha value is -3.56. The minimum atomic E-state index is 1.01. The summed E-state index contributed by atoms with van der Waals surface area (Å²) in [5.41, 5.74) is 38.4. The molecule has 0 aliphatic rings. The highest BCUT2D eigenvalue weighted by molar-refractivity contribution is 4.92. The van der Waals surface area contributed by atoms with Crippen molar-refractivity contribution in [3.05, 3.63) is 98.6 Å². The van der Waals surface area contributed by atoms with Crippen LogP contribution in [0, 0.1) is 0 Å². The van der Waals surface area contributed by atoms with Crippen LogP contribution >= 0.6 is 0 Å². The second kappa shape index (κ2) is 17.4. The van der Waals surface area contributed by atoms with E-state index in [-0.39, 0.29) is 0 Å². The van der Waals surface area contributed by atoms with Gasteiger partial charge in [-0.25, -0.2) is 0 Å². The molecule has 0 nitrogen and oxygen atoms in total. The van der Waals surface area contributed by atoms with Crippen LogP contribution in [0.4, 0.5) is 0 Å².